The van der Waals surface area contributed by atoms with E-state index < -0.39 is 0 Å². The fourth-order valence-corrected chi connectivity index (χ4v) is 4.47. The van der Waals surface area contributed by atoms with Gasteiger partial charge in [-0.25, -0.2) is 0 Å². The smallest absolute Gasteiger partial charge is 0.254 e. The summed E-state index contributed by atoms with van der Waals surface area (Å²) in [5, 5.41) is 0. The molecule has 5 heteroatoms. The first kappa shape index (κ1) is 18.7. The van der Waals surface area contributed by atoms with Crippen molar-refractivity contribution in [2.45, 2.75) is 25.4 Å². The van der Waals surface area contributed by atoms with Crippen LogP contribution >= 0.6 is 15.9 Å². The van der Waals surface area contributed by atoms with Crippen molar-refractivity contribution in [1.29, 1.82) is 0 Å². The summed E-state index contributed by atoms with van der Waals surface area (Å²) in [6.45, 7) is 5.19. The molecular formula is C22H25BrN2O2. The lowest BCUT2D eigenvalue weighted by Crippen LogP contribution is -2.35. The molecule has 0 spiro atoms. The van der Waals surface area contributed by atoms with Gasteiger partial charge in [-0.1, -0.05) is 40.2 Å². The Bertz CT molecular complexity index is 804. The number of carbonyl (C=O) groups is 1. The minimum Gasteiger partial charge on any atom is -0.379 e. The molecule has 0 aliphatic carbocycles. The maximum absolute atomic E-state index is 13.2. The first-order valence-electron chi connectivity index (χ1n) is 9.66. The van der Waals surface area contributed by atoms with Crippen molar-refractivity contribution in [2.75, 3.05) is 32.8 Å². The van der Waals surface area contributed by atoms with Gasteiger partial charge in [-0.15, -0.1) is 0 Å². The SMILES string of the molecule is O=C(c1cccc(CN2CCOCC2)c1)N1CCCC1c1cccc(Br)c1. The van der Waals surface area contributed by atoms with Gasteiger partial charge in [0.25, 0.3) is 5.91 Å². The average Bonchev–Trinajstić information content (AvgIpc) is 3.18. The minimum atomic E-state index is 0.140. The number of hydrogen-bond donors (Lipinski definition) is 0. The Balaban J connectivity index is 1.50. The molecule has 0 bridgehead atoms. The molecule has 2 heterocycles. The molecule has 2 aliphatic heterocycles. The molecule has 2 fully saturated rings. The summed E-state index contributed by atoms with van der Waals surface area (Å²) >= 11 is 3.55. The number of hydrogen-bond acceptors (Lipinski definition) is 3. The fourth-order valence-electron chi connectivity index (χ4n) is 4.06. The van der Waals surface area contributed by atoms with Crippen LogP contribution in [-0.2, 0) is 11.3 Å². The summed E-state index contributed by atoms with van der Waals surface area (Å²) in [5.74, 6) is 0.140. The highest BCUT2D eigenvalue weighted by Gasteiger charge is 2.30. The van der Waals surface area contributed by atoms with Gasteiger partial charge < -0.3 is 9.64 Å². The Morgan fingerprint density at radius 2 is 1.89 bits per heavy atom. The summed E-state index contributed by atoms with van der Waals surface area (Å²) < 4.78 is 6.49. The topological polar surface area (TPSA) is 32.8 Å². The van der Waals surface area contributed by atoms with Crippen molar-refractivity contribution in [3.05, 3.63) is 69.7 Å². The maximum atomic E-state index is 13.2. The van der Waals surface area contributed by atoms with Crippen molar-refractivity contribution in [2.24, 2.45) is 0 Å². The Morgan fingerprint density at radius 1 is 1.07 bits per heavy atom. The van der Waals surface area contributed by atoms with Crippen molar-refractivity contribution in [3.63, 3.8) is 0 Å². The quantitative estimate of drug-likeness (QED) is 0.728. The average molecular weight is 429 g/mol. The van der Waals surface area contributed by atoms with Crippen molar-refractivity contribution < 1.29 is 9.53 Å². The minimum absolute atomic E-state index is 0.140. The number of benzene rings is 2. The number of amides is 1. The summed E-state index contributed by atoms with van der Waals surface area (Å²) in [4.78, 5) is 17.7. The third-order valence-electron chi connectivity index (χ3n) is 5.43. The van der Waals surface area contributed by atoms with Gasteiger partial charge in [-0.3, -0.25) is 9.69 Å². The van der Waals surface area contributed by atoms with Gasteiger partial charge in [0.1, 0.15) is 0 Å². The van der Waals surface area contributed by atoms with E-state index in [4.69, 9.17) is 4.74 Å². The molecule has 0 saturated carbocycles. The normalized spacial score (nSPS) is 20.8. The van der Waals surface area contributed by atoms with Gasteiger partial charge in [0.05, 0.1) is 19.3 Å². The molecule has 2 aromatic rings. The van der Waals surface area contributed by atoms with E-state index >= 15 is 0 Å². The molecule has 27 heavy (non-hydrogen) atoms. The Morgan fingerprint density at radius 3 is 2.70 bits per heavy atom. The first-order chi connectivity index (χ1) is 13.2. The number of morpholine rings is 1. The first-order valence-corrected chi connectivity index (χ1v) is 10.5. The zero-order valence-electron chi connectivity index (χ0n) is 15.4. The van der Waals surface area contributed by atoms with E-state index in [0.717, 1.165) is 62.3 Å². The van der Waals surface area contributed by atoms with Gasteiger partial charge >= 0.3 is 0 Å². The van der Waals surface area contributed by atoms with Crippen LogP contribution in [0.4, 0.5) is 0 Å². The molecule has 2 saturated heterocycles. The van der Waals surface area contributed by atoms with E-state index in [1.54, 1.807) is 0 Å². The predicted octanol–water partition coefficient (Wildman–Crippen LogP) is 4.26. The second kappa shape index (κ2) is 8.55. The zero-order chi connectivity index (χ0) is 18.6. The molecule has 0 N–H and O–H groups in total. The van der Waals surface area contributed by atoms with Crippen LogP contribution in [-0.4, -0.2) is 48.6 Å². The highest BCUT2D eigenvalue weighted by Crippen LogP contribution is 2.34. The largest absolute Gasteiger partial charge is 0.379 e. The fraction of sp³-hybridized carbons (Fsp3) is 0.409. The number of rotatable bonds is 4. The van der Waals surface area contributed by atoms with Crippen LogP contribution < -0.4 is 0 Å². The second-order valence-corrected chi connectivity index (χ2v) is 8.22. The van der Waals surface area contributed by atoms with Gasteiger partial charge in [0.2, 0.25) is 0 Å². The predicted molar refractivity (Wildman–Crippen MR) is 110 cm³/mol. The van der Waals surface area contributed by atoms with Gasteiger partial charge in [-0.05, 0) is 48.2 Å². The Hall–Kier alpha value is -1.69. The van der Waals surface area contributed by atoms with E-state index in [1.807, 2.05) is 29.2 Å². The number of carbonyl (C=O) groups excluding carboxylic acids is 1. The molecule has 4 nitrogen and oxygen atoms in total. The van der Waals surface area contributed by atoms with Gasteiger partial charge in [-0.2, -0.15) is 0 Å². The number of ether oxygens (including phenoxy) is 1. The van der Waals surface area contributed by atoms with Crippen LogP contribution in [0.15, 0.2) is 53.0 Å². The molecule has 1 atom stereocenters. The van der Waals surface area contributed by atoms with E-state index in [0.29, 0.717) is 0 Å². The Labute approximate surface area is 169 Å². The maximum Gasteiger partial charge on any atom is 0.254 e. The lowest BCUT2D eigenvalue weighted by atomic mass is 10.0. The highest BCUT2D eigenvalue weighted by atomic mass is 79.9. The van der Waals surface area contributed by atoms with E-state index in [9.17, 15) is 4.79 Å². The molecule has 0 radical (unpaired) electrons. The molecule has 0 aromatic heterocycles. The Kier molecular flexibility index (Phi) is 5.91. The van der Waals surface area contributed by atoms with Crippen LogP contribution in [0.3, 0.4) is 0 Å². The third kappa shape index (κ3) is 4.42. The molecular weight excluding hydrogens is 404 g/mol. The standard InChI is InChI=1S/C22H25BrN2O2/c23-20-7-2-5-18(15-20)21-8-3-9-25(21)22(26)19-6-1-4-17(14-19)16-24-10-12-27-13-11-24/h1-2,4-7,14-15,21H,3,8-13,16H2. The summed E-state index contributed by atoms with van der Waals surface area (Å²) in [7, 11) is 0. The van der Waals surface area contributed by atoms with Gasteiger partial charge in [0.15, 0.2) is 0 Å². The van der Waals surface area contributed by atoms with E-state index in [-0.39, 0.29) is 11.9 Å². The third-order valence-corrected chi connectivity index (χ3v) is 5.92. The van der Waals surface area contributed by atoms with Crippen molar-refractivity contribution in [3.8, 4) is 0 Å². The summed E-state index contributed by atoms with van der Waals surface area (Å²) in [5.41, 5.74) is 3.20. The molecule has 2 aliphatic rings. The number of nitrogens with zero attached hydrogens (tertiary/aromatic N) is 2. The molecule has 4 rings (SSSR count). The second-order valence-electron chi connectivity index (χ2n) is 7.30. The number of likely N-dealkylation sites (tertiary alicyclic amines) is 1. The summed E-state index contributed by atoms with van der Waals surface area (Å²) in [6.07, 6.45) is 2.08. The monoisotopic (exact) mass is 428 g/mol. The molecule has 142 valence electrons. The molecule has 1 amide bonds. The lowest BCUT2D eigenvalue weighted by molar-refractivity contribution is 0.0341. The van der Waals surface area contributed by atoms with E-state index in [1.165, 1.54) is 11.1 Å². The lowest BCUT2D eigenvalue weighted by Gasteiger charge is -2.27. The van der Waals surface area contributed by atoms with Crippen LogP contribution in [0.2, 0.25) is 0 Å². The molecule has 1 unspecified atom stereocenters. The molecule has 2 aromatic carbocycles. The van der Waals surface area contributed by atoms with Gasteiger partial charge in [0, 0.05) is 36.2 Å². The van der Waals surface area contributed by atoms with Crippen LogP contribution in [0.25, 0.3) is 0 Å². The van der Waals surface area contributed by atoms with Crippen molar-refractivity contribution >= 4 is 21.8 Å². The summed E-state index contributed by atoms with van der Waals surface area (Å²) in [6, 6.07) is 16.6. The van der Waals surface area contributed by atoms with E-state index in [2.05, 4.69) is 45.1 Å². The van der Waals surface area contributed by atoms with Crippen molar-refractivity contribution in [1.82, 2.24) is 9.80 Å². The number of halogens is 1. The van der Waals surface area contributed by atoms with Crippen LogP contribution in [0.5, 0.6) is 0 Å². The highest BCUT2D eigenvalue weighted by molar-refractivity contribution is 9.10. The zero-order valence-corrected chi connectivity index (χ0v) is 17.0. The van der Waals surface area contributed by atoms with Crippen LogP contribution in [0, 0.1) is 0 Å². The van der Waals surface area contributed by atoms with Crippen LogP contribution in [0.1, 0.15) is 40.4 Å².